The standard InChI is InChI=1S/C13H17N3OS/c1-7-5-10(8(2)9(3)12(7)17-4)13-15-11(16-14)6-18-13/h5-6,16H,14H2,1-4H3. The van der Waals surface area contributed by atoms with Crippen molar-refractivity contribution < 1.29 is 4.74 Å². The number of nitrogens with two attached hydrogens (primary N) is 1. The Balaban J connectivity index is 2.58. The molecule has 2 rings (SSSR count). The molecule has 0 spiro atoms. The maximum atomic E-state index is 5.42. The SMILES string of the molecule is COc1c(C)cc(-c2nc(NN)cs2)c(C)c1C. The summed E-state index contributed by atoms with van der Waals surface area (Å²) < 4.78 is 5.42. The van der Waals surface area contributed by atoms with Crippen LogP contribution in [-0.4, -0.2) is 12.1 Å². The van der Waals surface area contributed by atoms with E-state index in [1.54, 1.807) is 18.4 Å². The summed E-state index contributed by atoms with van der Waals surface area (Å²) in [7, 11) is 1.70. The Kier molecular flexibility index (Phi) is 3.54. The Morgan fingerprint density at radius 2 is 2.00 bits per heavy atom. The van der Waals surface area contributed by atoms with Crippen molar-refractivity contribution in [3.05, 3.63) is 28.1 Å². The zero-order chi connectivity index (χ0) is 13.3. The second-order valence-corrected chi connectivity index (χ2v) is 5.06. The predicted octanol–water partition coefficient (Wildman–Crippen LogP) is 3.03. The zero-order valence-corrected chi connectivity index (χ0v) is 11.8. The minimum Gasteiger partial charge on any atom is -0.496 e. The van der Waals surface area contributed by atoms with E-state index >= 15 is 0 Å². The summed E-state index contributed by atoms with van der Waals surface area (Å²) in [4.78, 5) is 4.44. The first-order chi connectivity index (χ1) is 8.58. The quantitative estimate of drug-likeness (QED) is 0.660. The number of nitrogen functional groups attached to an aromatic ring is 1. The molecule has 0 aliphatic rings. The van der Waals surface area contributed by atoms with Gasteiger partial charge in [-0.1, -0.05) is 0 Å². The number of hydrogen-bond donors (Lipinski definition) is 2. The topological polar surface area (TPSA) is 60.2 Å². The van der Waals surface area contributed by atoms with E-state index in [4.69, 9.17) is 10.6 Å². The van der Waals surface area contributed by atoms with Crippen molar-refractivity contribution in [1.82, 2.24) is 4.98 Å². The minimum absolute atomic E-state index is 0.695. The van der Waals surface area contributed by atoms with Crippen LogP contribution < -0.4 is 16.0 Å². The molecule has 96 valence electrons. The van der Waals surface area contributed by atoms with E-state index < -0.39 is 0 Å². The molecule has 3 N–H and O–H groups in total. The van der Waals surface area contributed by atoms with E-state index in [2.05, 4.69) is 30.3 Å². The van der Waals surface area contributed by atoms with Crippen molar-refractivity contribution in [3.8, 4) is 16.3 Å². The Bertz CT molecular complexity index is 578. The lowest BCUT2D eigenvalue weighted by Gasteiger charge is -2.14. The first-order valence-corrected chi connectivity index (χ1v) is 6.53. The van der Waals surface area contributed by atoms with Gasteiger partial charge in [0.25, 0.3) is 0 Å². The molecule has 0 radical (unpaired) electrons. The van der Waals surface area contributed by atoms with Crippen LogP contribution in [0.1, 0.15) is 16.7 Å². The Morgan fingerprint density at radius 3 is 2.56 bits per heavy atom. The average molecular weight is 263 g/mol. The van der Waals surface area contributed by atoms with Gasteiger partial charge in [-0.05, 0) is 43.5 Å². The van der Waals surface area contributed by atoms with Crippen LogP contribution >= 0.6 is 11.3 Å². The van der Waals surface area contributed by atoms with Crippen LogP contribution in [0.15, 0.2) is 11.4 Å². The number of anilines is 1. The fraction of sp³-hybridized carbons (Fsp3) is 0.308. The maximum absolute atomic E-state index is 5.42. The Morgan fingerprint density at radius 1 is 1.28 bits per heavy atom. The summed E-state index contributed by atoms with van der Waals surface area (Å²) in [5.41, 5.74) is 7.17. The normalized spacial score (nSPS) is 10.5. The maximum Gasteiger partial charge on any atom is 0.151 e. The van der Waals surface area contributed by atoms with Gasteiger partial charge in [-0.15, -0.1) is 11.3 Å². The first-order valence-electron chi connectivity index (χ1n) is 5.65. The van der Waals surface area contributed by atoms with Gasteiger partial charge in [0.05, 0.1) is 7.11 Å². The summed E-state index contributed by atoms with van der Waals surface area (Å²) in [6.45, 7) is 6.20. The highest BCUT2D eigenvalue weighted by Gasteiger charge is 2.14. The predicted molar refractivity (Wildman–Crippen MR) is 76.1 cm³/mol. The highest BCUT2D eigenvalue weighted by Crippen LogP contribution is 2.35. The summed E-state index contributed by atoms with van der Waals surface area (Å²) in [6, 6.07) is 2.11. The van der Waals surface area contributed by atoms with Gasteiger partial charge in [-0.3, -0.25) is 0 Å². The lowest BCUT2D eigenvalue weighted by Crippen LogP contribution is -2.06. The fourth-order valence-electron chi connectivity index (χ4n) is 2.06. The number of hydrogen-bond acceptors (Lipinski definition) is 5. The lowest BCUT2D eigenvalue weighted by molar-refractivity contribution is 0.408. The molecule has 0 atom stereocenters. The molecule has 0 amide bonds. The molecule has 18 heavy (non-hydrogen) atoms. The van der Waals surface area contributed by atoms with Crippen molar-refractivity contribution in [1.29, 1.82) is 0 Å². The van der Waals surface area contributed by atoms with Gasteiger partial charge in [-0.25, -0.2) is 10.8 Å². The van der Waals surface area contributed by atoms with Crippen molar-refractivity contribution in [2.75, 3.05) is 12.5 Å². The molecule has 0 bridgehead atoms. The molecule has 0 aliphatic carbocycles. The number of aryl methyl sites for hydroxylation is 1. The smallest absolute Gasteiger partial charge is 0.151 e. The molecule has 0 fully saturated rings. The van der Waals surface area contributed by atoms with Gasteiger partial charge in [0, 0.05) is 10.9 Å². The van der Waals surface area contributed by atoms with Crippen LogP contribution in [0, 0.1) is 20.8 Å². The van der Waals surface area contributed by atoms with Crippen LogP contribution in [-0.2, 0) is 0 Å². The first kappa shape index (κ1) is 12.9. The number of nitrogens with one attached hydrogen (secondary N) is 1. The van der Waals surface area contributed by atoms with E-state index in [1.807, 2.05) is 12.3 Å². The van der Waals surface area contributed by atoms with Gasteiger partial charge < -0.3 is 10.2 Å². The molecule has 5 heteroatoms. The van der Waals surface area contributed by atoms with E-state index in [9.17, 15) is 0 Å². The van der Waals surface area contributed by atoms with Crippen LogP contribution in [0.25, 0.3) is 10.6 Å². The Labute approximate surface area is 111 Å². The fourth-order valence-corrected chi connectivity index (χ4v) is 2.89. The average Bonchev–Trinajstić information content (AvgIpc) is 2.83. The number of rotatable bonds is 3. The number of benzene rings is 1. The molecule has 0 aliphatic heterocycles. The van der Waals surface area contributed by atoms with Crippen LogP contribution in [0.3, 0.4) is 0 Å². The number of ether oxygens (including phenoxy) is 1. The highest BCUT2D eigenvalue weighted by atomic mass is 32.1. The third-order valence-electron chi connectivity index (χ3n) is 3.11. The van der Waals surface area contributed by atoms with Gasteiger partial charge in [0.15, 0.2) is 5.82 Å². The second kappa shape index (κ2) is 4.96. The van der Waals surface area contributed by atoms with Crippen LogP contribution in [0.4, 0.5) is 5.82 Å². The molecule has 1 aromatic heterocycles. The van der Waals surface area contributed by atoms with Crippen molar-refractivity contribution >= 4 is 17.2 Å². The van der Waals surface area contributed by atoms with Crippen LogP contribution in [0.2, 0.25) is 0 Å². The van der Waals surface area contributed by atoms with E-state index in [-0.39, 0.29) is 0 Å². The number of hydrazine groups is 1. The summed E-state index contributed by atoms with van der Waals surface area (Å²) in [5, 5.41) is 2.87. The number of methoxy groups -OCH3 is 1. The van der Waals surface area contributed by atoms with Gasteiger partial charge >= 0.3 is 0 Å². The Hall–Kier alpha value is -1.59. The molecule has 1 aromatic carbocycles. The van der Waals surface area contributed by atoms with E-state index in [1.165, 1.54) is 5.56 Å². The molecular formula is C13H17N3OS. The largest absolute Gasteiger partial charge is 0.496 e. The molecule has 2 aromatic rings. The highest BCUT2D eigenvalue weighted by molar-refractivity contribution is 7.13. The lowest BCUT2D eigenvalue weighted by atomic mass is 9.99. The number of thiazole rings is 1. The second-order valence-electron chi connectivity index (χ2n) is 4.21. The number of aromatic nitrogens is 1. The van der Waals surface area contributed by atoms with Crippen LogP contribution in [0.5, 0.6) is 5.75 Å². The molecule has 0 unspecified atom stereocenters. The summed E-state index contributed by atoms with van der Waals surface area (Å²) in [5.74, 6) is 7.00. The molecule has 1 heterocycles. The third-order valence-corrected chi connectivity index (χ3v) is 3.99. The third kappa shape index (κ3) is 2.07. The summed E-state index contributed by atoms with van der Waals surface area (Å²) in [6.07, 6.45) is 0. The van der Waals surface area contributed by atoms with Crippen molar-refractivity contribution in [2.24, 2.45) is 5.84 Å². The van der Waals surface area contributed by atoms with E-state index in [0.717, 1.165) is 27.4 Å². The van der Waals surface area contributed by atoms with Crippen molar-refractivity contribution in [3.63, 3.8) is 0 Å². The minimum atomic E-state index is 0.695. The van der Waals surface area contributed by atoms with E-state index in [0.29, 0.717) is 5.82 Å². The van der Waals surface area contributed by atoms with Gasteiger partial charge in [0.1, 0.15) is 10.8 Å². The summed E-state index contributed by atoms with van der Waals surface area (Å²) >= 11 is 1.58. The molecular weight excluding hydrogens is 246 g/mol. The molecule has 0 saturated heterocycles. The number of nitrogens with zero attached hydrogens (tertiary/aromatic N) is 1. The van der Waals surface area contributed by atoms with Crippen molar-refractivity contribution in [2.45, 2.75) is 20.8 Å². The zero-order valence-electron chi connectivity index (χ0n) is 11.0. The molecule has 4 nitrogen and oxygen atoms in total. The van der Waals surface area contributed by atoms with Gasteiger partial charge in [-0.2, -0.15) is 0 Å². The molecule has 0 saturated carbocycles. The van der Waals surface area contributed by atoms with Gasteiger partial charge in [0.2, 0.25) is 0 Å². The monoisotopic (exact) mass is 263 g/mol.